The molecule has 19 heavy (non-hydrogen) atoms. The van der Waals surface area contributed by atoms with Crippen LogP contribution in [0, 0.1) is 0 Å². The molecule has 1 aromatic rings. The average Bonchev–Trinajstić information content (AvgIpc) is 2.45. The van der Waals surface area contributed by atoms with E-state index in [-0.39, 0.29) is 19.5 Å². The highest BCUT2D eigenvalue weighted by Gasteiger charge is 2.19. The van der Waals surface area contributed by atoms with E-state index in [9.17, 15) is 9.59 Å². The third-order valence-electron chi connectivity index (χ3n) is 2.70. The molecule has 6 nitrogen and oxygen atoms in total. The molecule has 1 rings (SSSR count). The number of aldehydes is 1. The first-order valence-corrected chi connectivity index (χ1v) is 5.60. The third-order valence-corrected chi connectivity index (χ3v) is 2.70. The summed E-state index contributed by atoms with van der Waals surface area (Å²) >= 11 is 0. The lowest BCUT2D eigenvalue weighted by Crippen LogP contribution is -2.21. The summed E-state index contributed by atoms with van der Waals surface area (Å²) in [6, 6.07) is 3.19. The molecule has 0 heterocycles. The predicted octanol–water partition coefficient (Wildman–Crippen LogP) is 0.593. The van der Waals surface area contributed by atoms with Crippen LogP contribution in [0.4, 0.5) is 0 Å². The molecule has 1 atom stereocenters. The van der Waals surface area contributed by atoms with E-state index >= 15 is 0 Å². The largest absolute Gasteiger partial charge is 0.493 e. The fraction of sp³-hybridized carbons (Fsp3) is 0.385. The quantitative estimate of drug-likeness (QED) is 0.695. The summed E-state index contributed by atoms with van der Waals surface area (Å²) in [6.45, 7) is -0.0917. The van der Waals surface area contributed by atoms with Crippen LogP contribution in [0.25, 0.3) is 0 Å². The Balaban J connectivity index is 3.20. The highest BCUT2D eigenvalue weighted by atomic mass is 16.5. The van der Waals surface area contributed by atoms with Crippen LogP contribution in [0.15, 0.2) is 12.1 Å². The zero-order chi connectivity index (χ0) is 14.3. The number of hydrogen-bond acceptors (Lipinski definition) is 6. The molecular formula is C13H16O6. The normalized spacial score (nSPS) is 11.5. The smallest absolute Gasteiger partial charge is 0.293 e. The minimum Gasteiger partial charge on any atom is -0.493 e. The molecule has 0 radical (unpaired) electrons. The van der Waals surface area contributed by atoms with E-state index in [0.29, 0.717) is 28.9 Å². The molecule has 0 spiro atoms. The van der Waals surface area contributed by atoms with Crippen molar-refractivity contribution in [2.75, 3.05) is 20.8 Å². The number of carbonyl (C=O) groups excluding carboxylic acids is 2. The van der Waals surface area contributed by atoms with Gasteiger partial charge in [0, 0.05) is 17.5 Å². The monoisotopic (exact) mass is 268 g/mol. The van der Waals surface area contributed by atoms with Gasteiger partial charge in [-0.1, -0.05) is 0 Å². The Morgan fingerprint density at radius 3 is 2.47 bits per heavy atom. The van der Waals surface area contributed by atoms with E-state index in [1.165, 1.54) is 14.2 Å². The van der Waals surface area contributed by atoms with E-state index in [2.05, 4.69) is 0 Å². The number of aliphatic hydroxyl groups is 1. The standard InChI is InChI=1S/C13H16O6/c1-17-12-4-3-9(6-14)11(13(12)18-2)5-10(7-15)19-8-16/h3-4,6,8,10,15H,5,7H2,1-2H3/t10-/m0/s1. The van der Waals surface area contributed by atoms with E-state index in [1.807, 2.05) is 0 Å². The Hall–Kier alpha value is -2.08. The number of hydrogen-bond donors (Lipinski definition) is 1. The minimum absolute atomic E-state index is 0.156. The van der Waals surface area contributed by atoms with Crippen LogP contribution in [0.3, 0.4) is 0 Å². The molecule has 0 unspecified atom stereocenters. The zero-order valence-electron chi connectivity index (χ0n) is 10.8. The van der Waals surface area contributed by atoms with Gasteiger partial charge in [-0.05, 0) is 12.1 Å². The molecule has 0 aliphatic carbocycles. The molecule has 0 aromatic heterocycles. The van der Waals surface area contributed by atoms with Crippen LogP contribution in [-0.4, -0.2) is 44.8 Å². The highest BCUT2D eigenvalue weighted by Crippen LogP contribution is 2.34. The van der Waals surface area contributed by atoms with E-state index < -0.39 is 6.10 Å². The Kier molecular flexibility index (Phi) is 5.81. The molecule has 0 amide bonds. The molecule has 104 valence electrons. The van der Waals surface area contributed by atoms with Gasteiger partial charge in [-0.15, -0.1) is 0 Å². The van der Waals surface area contributed by atoms with Gasteiger partial charge in [-0.25, -0.2) is 0 Å². The Morgan fingerprint density at radius 2 is 2.00 bits per heavy atom. The lowest BCUT2D eigenvalue weighted by Gasteiger charge is -2.18. The predicted molar refractivity (Wildman–Crippen MR) is 66.7 cm³/mol. The number of carbonyl (C=O) groups is 2. The first-order valence-electron chi connectivity index (χ1n) is 5.60. The third kappa shape index (κ3) is 3.45. The molecule has 6 heteroatoms. The van der Waals surface area contributed by atoms with Gasteiger partial charge in [0.05, 0.1) is 20.8 Å². The highest BCUT2D eigenvalue weighted by molar-refractivity contribution is 5.80. The molecule has 0 saturated carbocycles. The molecule has 0 bridgehead atoms. The molecule has 0 aliphatic heterocycles. The van der Waals surface area contributed by atoms with Gasteiger partial charge >= 0.3 is 0 Å². The van der Waals surface area contributed by atoms with Gasteiger partial charge in [-0.2, -0.15) is 0 Å². The van der Waals surface area contributed by atoms with Crippen molar-refractivity contribution in [1.29, 1.82) is 0 Å². The summed E-state index contributed by atoms with van der Waals surface area (Å²) in [5.74, 6) is 0.853. The van der Waals surface area contributed by atoms with E-state index in [0.717, 1.165) is 0 Å². The second kappa shape index (κ2) is 7.38. The molecule has 1 aromatic carbocycles. The number of benzene rings is 1. The maximum Gasteiger partial charge on any atom is 0.293 e. The van der Waals surface area contributed by atoms with Crippen molar-refractivity contribution in [2.24, 2.45) is 0 Å². The number of rotatable bonds is 8. The second-order valence-electron chi connectivity index (χ2n) is 3.73. The summed E-state index contributed by atoms with van der Waals surface area (Å²) < 4.78 is 15.1. The topological polar surface area (TPSA) is 82.1 Å². The first kappa shape index (κ1) is 15.0. The fourth-order valence-corrected chi connectivity index (χ4v) is 1.79. The van der Waals surface area contributed by atoms with Crippen LogP contribution >= 0.6 is 0 Å². The van der Waals surface area contributed by atoms with Gasteiger partial charge in [0.15, 0.2) is 11.5 Å². The summed E-state index contributed by atoms with van der Waals surface area (Å²) in [4.78, 5) is 21.4. The molecular weight excluding hydrogens is 252 g/mol. The Bertz CT molecular complexity index is 443. The van der Waals surface area contributed by atoms with E-state index in [4.69, 9.17) is 19.3 Å². The van der Waals surface area contributed by atoms with Crippen molar-refractivity contribution in [3.63, 3.8) is 0 Å². The lowest BCUT2D eigenvalue weighted by atomic mass is 10.0. The van der Waals surface area contributed by atoms with Crippen LogP contribution < -0.4 is 9.47 Å². The van der Waals surface area contributed by atoms with Crippen molar-refractivity contribution in [3.8, 4) is 11.5 Å². The molecule has 0 saturated heterocycles. The molecule has 0 aliphatic rings. The van der Waals surface area contributed by atoms with Gasteiger partial charge in [-0.3, -0.25) is 9.59 Å². The molecule has 0 fully saturated rings. The van der Waals surface area contributed by atoms with Crippen LogP contribution in [-0.2, 0) is 16.0 Å². The van der Waals surface area contributed by atoms with Crippen molar-refractivity contribution in [2.45, 2.75) is 12.5 Å². The van der Waals surface area contributed by atoms with Crippen LogP contribution in [0.1, 0.15) is 15.9 Å². The lowest BCUT2D eigenvalue weighted by molar-refractivity contribution is -0.135. The van der Waals surface area contributed by atoms with Gasteiger partial charge in [0.25, 0.3) is 6.47 Å². The maximum atomic E-state index is 11.1. The van der Waals surface area contributed by atoms with Crippen LogP contribution in [0.5, 0.6) is 11.5 Å². The minimum atomic E-state index is -0.739. The second-order valence-corrected chi connectivity index (χ2v) is 3.73. The summed E-state index contributed by atoms with van der Waals surface area (Å²) in [6.07, 6.45) is 0.0910. The number of ether oxygens (including phenoxy) is 3. The Morgan fingerprint density at radius 1 is 1.26 bits per heavy atom. The summed E-state index contributed by atoms with van der Waals surface area (Å²) in [5.41, 5.74) is 0.920. The summed E-state index contributed by atoms with van der Waals surface area (Å²) in [5, 5.41) is 9.13. The van der Waals surface area contributed by atoms with Crippen molar-refractivity contribution < 1.29 is 28.9 Å². The van der Waals surface area contributed by atoms with Gasteiger partial charge in [0.2, 0.25) is 0 Å². The first-order chi connectivity index (χ1) is 9.21. The maximum absolute atomic E-state index is 11.1. The van der Waals surface area contributed by atoms with Gasteiger partial charge < -0.3 is 19.3 Å². The van der Waals surface area contributed by atoms with Crippen molar-refractivity contribution in [1.82, 2.24) is 0 Å². The van der Waals surface area contributed by atoms with Crippen molar-refractivity contribution >= 4 is 12.8 Å². The van der Waals surface area contributed by atoms with Crippen LogP contribution in [0.2, 0.25) is 0 Å². The summed E-state index contributed by atoms with van der Waals surface area (Å²) in [7, 11) is 2.93. The molecule has 1 N–H and O–H groups in total. The number of methoxy groups -OCH3 is 2. The fourth-order valence-electron chi connectivity index (χ4n) is 1.79. The van der Waals surface area contributed by atoms with Crippen molar-refractivity contribution in [3.05, 3.63) is 23.3 Å². The van der Waals surface area contributed by atoms with E-state index in [1.54, 1.807) is 12.1 Å². The SMILES string of the molecule is COc1ccc(C=O)c(C[C@@H](CO)OC=O)c1OC. The zero-order valence-corrected chi connectivity index (χ0v) is 10.8. The van der Waals surface area contributed by atoms with Gasteiger partial charge in [0.1, 0.15) is 12.4 Å². The average molecular weight is 268 g/mol. The Labute approximate surface area is 110 Å². The number of aliphatic hydroxyl groups excluding tert-OH is 1.